The lowest BCUT2D eigenvalue weighted by molar-refractivity contribution is 0.290. The topological polar surface area (TPSA) is 33.1 Å². The van der Waals surface area contributed by atoms with E-state index >= 15 is 0 Å². The van der Waals surface area contributed by atoms with Gasteiger partial charge in [-0.05, 0) is 54.9 Å². The molecule has 0 unspecified atom stereocenters. The van der Waals surface area contributed by atoms with Gasteiger partial charge in [0.1, 0.15) is 0 Å². The number of benzene rings is 1. The molecule has 1 aromatic carbocycles. The van der Waals surface area contributed by atoms with E-state index in [2.05, 4.69) is 80.6 Å². The van der Waals surface area contributed by atoms with Crippen molar-refractivity contribution in [3.05, 3.63) is 90.0 Å². The predicted molar refractivity (Wildman–Crippen MR) is 119 cm³/mol. The zero-order valence-corrected chi connectivity index (χ0v) is 17.3. The van der Waals surface area contributed by atoms with Crippen molar-refractivity contribution in [1.82, 2.24) is 19.8 Å². The summed E-state index contributed by atoms with van der Waals surface area (Å²) in [5, 5.41) is 4.38. The highest BCUT2D eigenvalue weighted by atomic mass is 32.1. The number of pyridine rings is 1. The molecule has 0 radical (unpaired) electrons. The van der Waals surface area contributed by atoms with Crippen molar-refractivity contribution in [2.75, 3.05) is 0 Å². The van der Waals surface area contributed by atoms with Crippen molar-refractivity contribution in [2.24, 2.45) is 0 Å². The fourth-order valence-corrected chi connectivity index (χ4v) is 5.16. The second-order valence-electron chi connectivity index (χ2n) is 8.02. The molecule has 3 heterocycles. The van der Waals surface area contributed by atoms with E-state index in [1.807, 2.05) is 12.3 Å². The zero-order valence-electron chi connectivity index (χ0n) is 16.4. The molecule has 2 aromatic heterocycles. The molecule has 0 bridgehead atoms. The van der Waals surface area contributed by atoms with Gasteiger partial charge in [0.2, 0.25) is 0 Å². The van der Waals surface area contributed by atoms with Gasteiger partial charge in [-0.25, -0.2) is 0 Å². The lowest BCUT2D eigenvalue weighted by Gasteiger charge is -2.30. The van der Waals surface area contributed by atoms with Crippen LogP contribution in [-0.2, 0) is 6.54 Å². The summed E-state index contributed by atoms with van der Waals surface area (Å²) in [7, 11) is 0. The summed E-state index contributed by atoms with van der Waals surface area (Å²) in [4.78, 5) is 7.00. The predicted octanol–water partition coefficient (Wildman–Crippen LogP) is 5.17. The molecular weight excluding hydrogens is 376 g/mol. The molecule has 1 aliphatic heterocycles. The molecule has 4 nitrogen and oxygen atoms in total. The average molecular weight is 403 g/mol. The quantitative estimate of drug-likeness (QED) is 0.597. The summed E-state index contributed by atoms with van der Waals surface area (Å²) in [5.74, 6) is 0. The SMILES string of the molecule is S=C1N[C@@H](c2ccccn2)[C@H](c2cccn2C2CCCC2)N1Cc1ccccc1. The van der Waals surface area contributed by atoms with Crippen molar-refractivity contribution < 1.29 is 0 Å². The van der Waals surface area contributed by atoms with Crippen LogP contribution < -0.4 is 5.32 Å². The monoisotopic (exact) mass is 402 g/mol. The van der Waals surface area contributed by atoms with E-state index in [1.54, 1.807) is 0 Å². The van der Waals surface area contributed by atoms with E-state index in [-0.39, 0.29) is 12.1 Å². The van der Waals surface area contributed by atoms with Crippen LogP contribution in [0.15, 0.2) is 73.1 Å². The zero-order chi connectivity index (χ0) is 19.6. The first-order valence-corrected chi connectivity index (χ1v) is 10.9. The molecule has 5 rings (SSSR count). The Bertz CT molecular complexity index is 963. The van der Waals surface area contributed by atoms with Crippen LogP contribution in [0.5, 0.6) is 0 Å². The molecular formula is C24H26N4S. The number of thiocarbonyl (C=S) groups is 1. The maximum atomic E-state index is 5.82. The Morgan fingerprint density at radius 3 is 2.52 bits per heavy atom. The second-order valence-corrected chi connectivity index (χ2v) is 8.41. The van der Waals surface area contributed by atoms with E-state index in [1.165, 1.54) is 36.9 Å². The van der Waals surface area contributed by atoms with Crippen molar-refractivity contribution >= 4 is 17.3 Å². The largest absolute Gasteiger partial charge is 0.352 e. The van der Waals surface area contributed by atoms with E-state index in [9.17, 15) is 0 Å². The number of nitrogens with one attached hydrogen (secondary N) is 1. The molecule has 0 amide bonds. The Labute approximate surface area is 177 Å². The summed E-state index contributed by atoms with van der Waals surface area (Å²) >= 11 is 5.82. The first-order chi connectivity index (χ1) is 14.3. The standard InChI is InChI=1S/C24H26N4S/c29-24-26-22(20-13-6-7-15-25-20)23(28(24)17-18-9-2-1-3-10-18)21-14-8-16-27(21)19-11-4-5-12-19/h1-3,6-10,13-16,19,22-23H,4-5,11-12,17H2,(H,26,29)/t22-,23-/m0/s1. The van der Waals surface area contributed by atoms with Gasteiger partial charge in [-0.1, -0.05) is 49.2 Å². The Balaban J connectivity index is 1.56. The van der Waals surface area contributed by atoms with Crippen molar-refractivity contribution in [2.45, 2.75) is 50.4 Å². The van der Waals surface area contributed by atoms with Gasteiger partial charge in [0.25, 0.3) is 0 Å². The van der Waals surface area contributed by atoms with Gasteiger partial charge in [0, 0.05) is 30.7 Å². The first-order valence-electron chi connectivity index (χ1n) is 10.5. The molecule has 1 N–H and O–H groups in total. The van der Waals surface area contributed by atoms with E-state index in [0.717, 1.165) is 17.4 Å². The molecule has 148 valence electrons. The van der Waals surface area contributed by atoms with Gasteiger partial charge < -0.3 is 14.8 Å². The number of nitrogens with zero attached hydrogens (tertiary/aromatic N) is 3. The van der Waals surface area contributed by atoms with Crippen LogP contribution in [0.2, 0.25) is 0 Å². The molecule has 29 heavy (non-hydrogen) atoms. The van der Waals surface area contributed by atoms with Crippen molar-refractivity contribution in [3.63, 3.8) is 0 Å². The Hall–Kier alpha value is -2.66. The van der Waals surface area contributed by atoms with Gasteiger partial charge in [-0.2, -0.15) is 0 Å². The van der Waals surface area contributed by atoms with Crippen molar-refractivity contribution in [1.29, 1.82) is 0 Å². The van der Waals surface area contributed by atoms with Crippen LogP contribution in [-0.4, -0.2) is 19.6 Å². The van der Waals surface area contributed by atoms with Crippen LogP contribution in [0.4, 0.5) is 0 Å². The van der Waals surface area contributed by atoms with Gasteiger partial charge >= 0.3 is 0 Å². The Morgan fingerprint density at radius 1 is 0.966 bits per heavy atom. The third-order valence-electron chi connectivity index (χ3n) is 6.23. The van der Waals surface area contributed by atoms with E-state index in [4.69, 9.17) is 12.2 Å². The maximum Gasteiger partial charge on any atom is 0.170 e. The van der Waals surface area contributed by atoms with Crippen LogP contribution in [0.3, 0.4) is 0 Å². The highest BCUT2D eigenvalue weighted by molar-refractivity contribution is 7.80. The third kappa shape index (κ3) is 3.55. The van der Waals surface area contributed by atoms with Gasteiger partial charge in [-0.15, -0.1) is 0 Å². The summed E-state index contributed by atoms with van der Waals surface area (Å²) < 4.78 is 2.50. The highest BCUT2D eigenvalue weighted by Crippen LogP contribution is 2.42. The van der Waals surface area contributed by atoms with Crippen molar-refractivity contribution in [3.8, 4) is 0 Å². The summed E-state index contributed by atoms with van der Waals surface area (Å²) in [6, 6.07) is 21.9. The minimum atomic E-state index is 0.0439. The minimum Gasteiger partial charge on any atom is -0.352 e. The fraction of sp³-hybridized carbons (Fsp3) is 0.333. The Morgan fingerprint density at radius 2 is 1.76 bits per heavy atom. The second kappa shape index (κ2) is 7.99. The normalized spacial score (nSPS) is 22.2. The fourth-order valence-electron chi connectivity index (χ4n) is 4.85. The third-order valence-corrected chi connectivity index (χ3v) is 6.58. The molecule has 5 heteroatoms. The molecule has 2 aliphatic rings. The average Bonchev–Trinajstić information content (AvgIpc) is 3.50. The van der Waals surface area contributed by atoms with Gasteiger partial charge in [0.15, 0.2) is 5.11 Å². The minimum absolute atomic E-state index is 0.0439. The summed E-state index contributed by atoms with van der Waals surface area (Å²) in [5.41, 5.74) is 3.63. The summed E-state index contributed by atoms with van der Waals surface area (Å²) in [6.45, 7) is 0.788. The molecule has 1 saturated carbocycles. The first kappa shape index (κ1) is 18.4. The number of aromatic nitrogens is 2. The van der Waals surface area contributed by atoms with Crippen LogP contribution >= 0.6 is 12.2 Å². The van der Waals surface area contributed by atoms with E-state index in [0.29, 0.717) is 6.04 Å². The van der Waals surface area contributed by atoms with Gasteiger partial charge in [-0.3, -0.25) is 4.98 Å². The van der Waals surface area contributed by atoms with Crippen LogP contribution in [0.1, 0.15) is 60.8 Å². The lowest BCUT2D eigenvalue weighted by Crippen LogP contribution is -2.30. The molecule has 0 spiro atoms. The molecule has 2 atom stereocenters. The summed E-state index contributed by atoms with van der Waals surface area (Å²) in [6.07, 6.45) is 9.29. The molecule has 3 aromatic rings. The number of hydrogen-bond donors (Lipinski definition) is 1. The van der Waals surface area contributed by atoms with Gasteiger partial charge in [0.05, 0.1) is 17.8 Å². The lowest BCUT2D eigenvalue weighted by atomic mass is 10.0. The van der Waals surface area contributed by atoms with Crippen LogP contribution in [0.25, 0.3) is 0 Å². The molecule has 2 fully saturated rings. The number of hydrogen-bond acceptors (Lipinski definition) is 2. The number of rotatable bonds is 5. The maximum absolute atomic E-state index is 5.82. The Kier molecular flexibility index (Phi) is 5.06. The smallest absolute Gasteiger partial charge is 0.170 e. The van der Waals surface area contributed by atoms with Crippen LogP contribution in [0, 0.1) is 0 Å². The van der Waals surface area contributed by atoms with E-state index < -0.39 is 0 Å². The highest BCUT2D eigenvalue weighted by Gasteiger charge is 2.41. The molecule has 1 saturated heterocycles. The molecule has 1 aliphatic carbocycles.